The normalized spacial score (nSPS) is 20.7. The molecule has 2 amide bonds. The molecule has 1 aromatic rings. The van der Waals surface area contributed by atoms with Crippen molar-refractivity contribution in [1.82, 2.24) is 15.2 Å². The molecule has 0 aromatic carbocycles. The molecule has 0 aliphatic carbocycles. The first-order valence-electron chi connectivity index (χ1n) is 5.59. The molecule has 0 spiro atoms. The van der Waals surface area contributed by atoms with Gasteiger partial charge in [0.25, 0.3) is 0 Å². The van der Waals surface area contributed by atoms with E-state index >= 15 is 0 Å². The Morgan fingerprint density at radius 2 is 2.39 bits per heavy atom. The van der Waals surface area contributed by atoms with Gasteiger partial charge >= 0.3 is 0 Å². The molecule has 0 radical (unpaired) electrons. The Bertz CT molecular complexity index is 476. The Hall–Kier alpha value is -1.99. The minimum atomic E-state index is -0.348. The number of pyridine rings is 1. The van der Waals surface area contributed by atoms with E-state index in [0.29, 0.717) is 6.54 Å². The lowest BCUT2D eigenvalue weighted by Crippen LogP contribution is -2.56. The van der Waals surface area contributed by atoms with Gasteiger partial charge in [0.2, 0.25) is 11.8 Å². The van der Waals surface area contributed by atoms with Crippen molar-refractivity contribution in [3.63, 3.8) is 0 Å². The lowest BCUT2D eigenvalue weighted by Gasteiger charge is -2.31. The highest BCUT2D eigenvalue weighted by molar-refractivity contribution is 6.00. The van der Waals surface area contributed by atoms with E-state index in [-0.39, 0.29) is 24.4 Å². The van der Waals surface area contributed by atoms with E-state index in [0.717, 1.165) is 11.4 Å². The molecule has 1 aliphatic rings. The van der Waals surface area contributed by atoms with Crippen molar-refractivity contribution in [2.24, 2.45) is 5.84 Å². The van der Waals surface area contributed by atoms with Gasteiger partial charge in [0.15, 0.2) is 0 Å². The summed E-state index contributed by atoms with van der Waals surface area (Å²) in [5.74, 6) is 4.75. The van der Waals surface area contributed by atoms with Crippen LogP contribution >= 0.6 is 0 Å². The van der Waals surface area contributed by atoms with Gasteiger partial charge in [-0.25, -0.2) is 0 Å². The molecule has 7 nitrogen and oxygen atoms in total. The summed E-state index contributed by atoms with van der Waals surface area (Å²) in [6, 6.07) is 3.17. The summed E-state index contributed by atoms with van der Waals surface area (Å²) < 4.78 is 0. The second kappa shape index (κ2) is 5.11. The molecule has 7 heteroatoms. The first-order chi connectivity index (χ1) is 8.60. The van der Waals surface area contributed by atoms with Gasteiger partial charge in [-0.3, -0.25) is 30.6 Å². The van der Waals surface area contributed by atoms with E-state index in [9.17, 15) is 9.59 Å². The van der Waals surface area contributed by atoms with Crippen LogP contribution in [0.15, 0.2) is 18.3 Å². The Morgan fingerprint density at radius 3 is 3.11 bits per heavy atom. The monoisotopic (exact) mass is 249 g/mol. The number of carbonyl (C=O) groups excluding carboxylic acids is 2. The molecule has 2 rings (SSSR count). The molecule has 1 saturated heterocycles. The molecule has 1 unspecified atom stereocenters. The van der Waals surface area contributed by atoms with Gasteiger partial charge in [0, 0.05) is 12.7 Å². The van der Waals surface area contributed by atoms with Gasteiger partial charge in [0.1, 0.15) is 0 Å². The zero-order valence-electron chi connectivity index (χ0n) is 10.0. The van der Waals surface area contributed by atoms with Crippen LogP contribution in [-0.4, -0.2) is 34.3 Å². The highest BCUT2D eigenvalue weighted by atomic mass is 16.2. The third-order valence-electron chi connectivity index (χ3n) is 2.88. The van der Waals surface area contributed by atoms with E-state index < -0.39 is 0 Å². The Kier molecular flexibility index (Phi) is 3.54. The van der Waals surface area contributed by atoms with Gasteiger partial charge in [0.05, 0.1) is 24.0 Å². The quantitative estimate of drug-likeness (QED) is 0.369. The van der Waals surface area contributed by atoms with Crippen molar-refractivity contribution >= 4 is 17.5 Å². The number of hydrogen-bond donors (Lipinski definition) is 3. The minimum Gasteiger partial charge on any atom is -0.324 e. The predicted octanol–water partition coefficient (Wildman–Crippen LogP) is -0.786. The Balaban J connectivity index is 2.11. The fraction of sp³-hybridized carbons (Fsp3) is 0.364. The molecular weight excluding hydrogens is 234 g/mol. The molecule has 1 atom stereocenters. The summed E-state index contributed by atoms with van der Waals surface area (Å²) in [4.78, 5) is 28.8. The third-order valence-corrected chi connectivity index (χ3v) is 2.88. The summed E-state index contributed by atoms with van der Waals surface area (Å²) in [7, 11) is 0. The smallest absolute Gasteiger partial charge is 0.243 e. The number of aromatic nitrogens is 1. The molecule has 2 heterocycles. The zero-order chi connectivity index (χ0) is 13.1. The number of nitrogens with zero attached hydrogens (tertiary/aromatic N) is 2. The fourth-order valence-corrected chi connectivity index (χ4v) is 1.82. The van der Waals surface area contributed by atoms with E-state index in [4.69, 9.17) is 5.84 Å². The molecule has 1 aromatic heterocycles. The second-order valence-corrected chi connectivity index (χ2v) is 4.17. The Morgan fingerprint density at radius 1 is 1.61 bits per heavy atom. The number of piperazine rings is 1. The molecule has 4 N–H and O–H groups in total. The SMILES string of the molecule is CC1C(=O)NC(=O)CN1Cc1cc(NN)ccn1. The number of hydrogen-bond acceptors (Lipinski definition) is 6. The van der Waals surface area contributed by atoms with Crippen LogP contribution in [0.4, 0.5) is 5.69 Å². The Labute approximate surface area is 104 Å². The van der Waals surface area contributed by atoms with Crippen LogP contribution in [0.5, 0.6) is 0 Å². The standard InChI is InChI=1S/C11H15N5O2/c1-7-11(18)14-10(17)6-16(7)5-9-4-8(15-12)2-3-13-9/h2-4,7H,5-6,12H2,1H3,(H,13,15)(H,14,17,18). The fourth-order valence-electron chi connectivity index (χ4n) is 1.82. The third kappa shape index (κ3) is 2.63. The topological polar surface area (TPSA) is 100 Å². The lowest BCUT2D eigenvalue weighted by atomic mass is 10.2. The van der Waals surface area contributed by atoms with Crippen LogP contribution in [0.2, 0.25) is 0 Å². The van der Waals surface area contributed by atoms with E-state index in [1.165, 1.54) is 0 Å². The second-order valence-electron chi connectivity index (χ2n) is 4.17. The number of hydrazine groups is 1. The van der Waals surface area contributed by atoms with Gasteiger partial charge in [-0.05, 0) is 19.1 Å². The number of imide groups is 1. The van der Waals surface area contributed by atoms with E-state index in [1.807, 2.05) is 0 Å². The van der Waals surface area contributed by atoms with Crippen molar-refractivity contribution in [3.8, 4) is 0 Å². The van der Waals surface area contributed by atoms with Gasteiger partial charge < -0.3 is 5.43 Å². The molecule has 0 saturated carbocycles. The number of nitrogens with one attached hydrogen (secondary N) is 2. The predicted molar refractivity (Wildman–Crippen MR) is 65.1 cm³/mol. The van der Waals surface area contributed by atoms with Crippen molar-refractivity contribution in [2.45, 2.75) is 19.5 Å². The highest BCUT2D eigenvalue weighted by Gasteiger charge is 2.30. The summed E-state index contributed by atoms with van der Waals surface area (Å²) >= 11 is 0. The van der Waals surface area contributed by atoms with Crippen LogP contribution < -0.4 is 16.6 Å². The van der Waals surface area contributed by atoms with Gasteiger partial charge in [-0.15, -0.1) is 0 Å². The summed E-state index contributed by atoms with van der Waals surface area (Å²) in [6.07, 6.45) is 1.63. The number of amides is 2. The molecule has 1 aliphatic heterocycles. The van der Waals surface area contributed by atoms with E-state index in [2.05, 4.69) is 15.7 Å². The zero-order valence-corrected chi connectivity index (χ0v) is 10.0. The summed E-state index contributed by atoms with van der Waals surface area (Å²) in [5, 5.41) is 2.30. The molecule has 1 fully saturated rings. The van der Waals surface area contributed by atoms with Crippen molar-refractivity contribution in [1.29, 1.82) is 0 Å². The van der Waals surface area contributed by atoms with Gasteiger partial charge in [-0.1, -0.05) is 0 Å². The average Bonchev–Trinajstić information content (AvgIpc) is 2.35. The maximum atomic E-state index is 11.5. The summed E-state index contributed by atoms with van der Waals surface area (Å²) in [6.45, 7) is 2.37. The maximum Gasteiger partial charge on any atom is 0.243 e. The molecule has 18 heavy (non-hydrogen) atoms. The van der Waals surface area contributed by atoms with E-state index in [1.54, 1.807) is 30.2 Å². The van der Waals surface area contributed by atoms with Crippen molar-refractivity contribution < 1.29 is 9.59 Å². The summed E-state index contributed by atoms with van der Waals surface area (Å²) in [5.41, 5.74) is 4.01. The highest BCUT2D eigenvalue weighted by Crippen LogP contribution is 2.12. The van der Waals surface area contributed by atoms with Crippen LogP contribution in [0, 0.1) is 0 Å². The molecule has 0 bridgehead atoms. The van der Waals surface area contributed by atoms with Crippen LogP contribution in [-0.2, 0) is 16.1 Å². The van der Waals surface area contributed by atoms with Gasteiger partial charge in [-0.2, -0.15) is 0 Å². The number of nitrogens with two attached hydrogens (primary N) is 1. The average molecular weight is 249 g/mol. The first-order valence-corrected chi connectivity index (χ1v) is 5.59. The largest absolute Gasteiger partial charge is 0.324 e. The molecular formula is C11H15N5O2. The number of nitrogen functional groups attached to an aromatic ring is 1. The number of rotatable bonds is 3. The number of carbonyl (C=O) groups is 2. The van der Waals surface area contributed by atoms with Crippen LogP contribution in [0.25, 0.3) is 0 Å². The van der Waals surface area contributed by atoms with Crippen molar-refractivity contribution in [2.75, 3.05) is 12.0 Å². The maximum absolute atomic E-state index is 11.5. The number of anilines is 1. The van der Waals surface area contributed by atoms with Crippen LogP contribution in [0.3, 0.4) is 0 Å². The van der Waals surface area contributed by atoms with Crippen LogP contribution in [0.1, 0.15) is 12.6 Å². The lowest BCUT2D eigenvalue weighted by molar-refractivity contribution is -0.139. The minimum absolute atomic E-state index is 0.189. The van der Waals surface area contributed by atoms with Crippen molar-refractivity contribution in [3.05, 3.63) is 24.0 Å². The first kappa shape index (κ1) is 12.5. The molecule has 96 valence electrons.